The van der Waals surface area contributed by atoms with Crippen molar-refractivity contribution in [3.05, 3.63) is 28.8 Å². The molecule has 2 aliphatic rings. The Kier molecular flexibility index (Phi) is 9.24. The van der Waals surface area contributed by atoms with Crippen LogP contribution in [0.15, 0.2) is 12.1 Å². The van der Waals surface area contributed by atoms with Crippen LogP contribution >= 0.6 is 0 Å². The third-order valence-electron chi connectivity index (χ3n) is 5.01. The number of hydrogen-bond donors (Lipinski definition) is 0. The van der Waals surface area contributed by atoms with Gasteiger partial charge in [0, 0.05) is 38.4 Å². The highest BCUT2D eigenvalue weighted by molar-refractivity contribution is 5.56. The van der Waals surface area contributed by atoms with Crippen molar-refractivity contribution >= 4 is 5.69 Å². The number of morpholine rings is 2. The van der Waals surface area contributed by atoms with Crippen molar-refractivity contribution in [2.24, 2.45) is 0 Å². The summed E-state index contributed by atoms with van der Waals surface area (Å²) in [7, 11) is 0. The second kappa shape index (κ2) is 11.2. The SMILES string of the molecule is CC(C)c1c(CN2CCOCC2)cc(N2CCOCC2)cc1C(F)(F)F.FC(F)F. The zero-order valence-electron chi connectivity index (χ0n) is 17.2. The van der Waals surface area contributed by atoms with Gasteiger partial charge in [-0.3, -0.25) is 4.90 Å². The van der Waals surface area contributed by atoms with E-state index in [9.17, 15) is 26.3 Å². The van der Waals surface area contributed by atoms with E-state index in [1.54, 1.807) is 0 Å². The van der Waals surface area contributed by atoms with Crippen LogP contribution in [0.1, 0.15) is 36.5 Å². The van der Waals surface area contributed by atoms with E-state index in [0.29, 0.717) is 57.3 Å². The quantitative estimate of drug-likeness (QED) is 0.633. The lowest BCUT2D eigenvalue weighted by Crippen LogP contribution is -2.37. The molecule has 3 rings (SSSR count). The Hall–Kier alpha value is -1.52. The van der Waals surface area contributed by atoms with Crippen LogP contribution in [0.2, 0.25) is 0 Å². The fourth-order valence-corrected chi connectivity index (χ4v) is 3.75. The van der Waals surface area contributed by atoms with E-state index in [1.165, 1.54) is 6.07 Å². The Balaban J connectivity index is 0.000000735. The molecule has 2 fully saturated rings. The van der Waals surface area contributed by atoms with Crippen LogP contribution in [-0.2, 0) is 22.2 Å². The molecule has 0 N–H and O–H groups in total. The molecule has 1 aromatic carbocycles. The zero-order chi connectivity index (χ0) is 22.3. The predicted octanol–water partition coefficient (Wildman–Crippen LogP) is 4.68. The minimum atomic E-state index is -4.36. The van der Waals surface area contributed by atoms with Gasteiger partial charge in [-0.2, -0.15) is 26.3 Å². The van der Waals surface area contributed by atoms with Gasteiger partial charge in [0.25, 0.3) is 0 Å². The maximum Gasteiger partial charge on any atom is 0.416 e. The molecule has 0 amide bonds. The van der Waals surface area contributed by atoms with Crippen LogP contribution in [0.25, 0.3) is 0 Å². The molecule has 172 valence electrons. The Morgan fingerprint density at radius 2 is 1.40 bits per heavy atom. The molecule has 0 unspecified atom stereocenters. The van der Waals surface area contributed by atoms with Crippen LogP contribution in [0, 0.1) is 0 Å². The maximum atomic E-state index is 13.8. The van der Waals surface area contributed by atoms with E-state index < -0.39 is 18.4 Å². The second-order valence-corrected chi connectivity index (χ2v) is 7.45. The molecule has 4 nitrogen and oxygen atoms in total. The Bertz CT molecular complexity index is 655. The second-order valence-electron chi connectivity index (χ2n) is 7.45. The standard InChI is InChI=1S/C19H27F3N2O2.CHF3/c1-14(2)18-15(13-23-3-7-25-8-4-23)11-16(12-17(18)19(20,21)22)24-5-9-26-10-6-24;2-1(3)4/h11-12,14H,3-10,13H2,1-2H3;1H. The van der Waals surface area contributed by atoms with Crippen molar-refractivity contribution in [3.63, 3.8) is 0 Å². The van der Waals surface area contributed by atoms with Gasteiger partial charge in [0.2, 0.25) is 0 Å². The van der Waals surface area contributed by atoms with Crippen molar-refractivity contribution in [2.45, 2.75) is 39.2 Å². The van der Waals surface area contributed by atoms with E-state index in [0.717, 1.165) is 18.7 Å². The van der Waals surface area contributed by atoms with Gasteiger partial charge < -0.3 is 14.4 Å². The summed E-state index contributed by atoms with van der Waals surface area (Å²) in [5, 5.41) is 0. The molecular formula is C20H28F6N2O2. The summed E-state index contributed by atoms with van der Waals surface area (Å²) in [5.41, 5.74) is 1.34. The van der Waals surface area contributed by atoms with Crippen LogP contribution in [-0.4, -0.2) is 64.2 Å². The van der Waals surface area contributed by atoms with Gasteiger partial charge in [-0.1, -0.05) is 13.8 Å². The molecule has 0 atom stereocenters. The van der Waals surface area contributed by atoms with Gasteiger partial charge in [-0.25, -0.2) is 0 Å². The molecule has 0 bridgehead atoms. The molecular weight excluding hydrogens is 414 g/mol. The lowest BCUT2D eigenvalue weighted by Gasteiger charge is -2.33. The van der Waals surface area contributed by atoms with E-state index in [4.69, 9.17) is 9.47 Å². The Labute approximate surface area is 172 Å². The van der Waals surface area contributed by atoms with Crippen LogP contribution in [0.5, 0.6) is 0 Å². The summed E-state index contributed by atoms with van der Waals surface area (Å²) < 4.78 is 81.2. The Morgan fingerprint density at radius 1 is 0.900 bits per heavy atom. The number of rotatable bonds is 4. The van der Waals surface area contributed by atoms with Crippen LogP contribution in [0.4, 0.5) is 32.0 Å². The molecule has 1 aromatic rings. The van der Waals surface area contributed by atoms with Gasteiger partial charge in [0.1, 0.15) is 0 Å². The molecule has 2 heterocycles. The molecule has 0 radical (unpaired) electrons. The predicted molar refractivity (Wildman–Crippen MR) is 102 cm³/mol. The van der Waals surface area contributed by atoms with Gasteiger partial charge >= 0.3 is 12.9 Å². The first kappa shape index (κ1) is 24.7. The van der Waals surface area contributed by atoms with Crippen molar-refractivity contribution in [1.82, 2.24) is 4.90 Å². The first-order valence-corrected chi connectivity index (χ1v) is 9.88. The van der Waals surface area contributed by atoms with Gasteiger partial charge in [-0.15, -0.1) is 0 Å². The minimum absolute atomic E-state index is 0.193. The minimum Gasteiger partial charge on any atom is -0.379 e. The number of hydrogen-bond acceptors (Lipinski definition) is 4. The van der Waals surface area contributed by atoms with Crippen LogP contribution < -0.4 is 4.90 Å². The third kappa shape index (κ3) is 7.31. The fourth-order valence-electron chi connectivity index (χ4n) is 3.75. The molecule has 0 saturated carbocycles. The molecule has 0 aliphatic carbocycles. The first-order chi connectivity index (χ1) is 14.1. The third-order valence-corrected chi connectivity index (χ3v) is 5.01. The number of nitrogens with zero attached hydrogens (tertiary/aromatic N) is 2. The highest BCUT2D eigenvalue weighted by Gasteiger charge is 2.36. The highest BCUT2D eigenvalue weighted by Crippen LogP contribution is 2.40. The summed E-state index contributed by atoms with van der Waals surface area (Å²) in [4.78, 5) is 4.17. The maximum absolute atomic E-state index is 13.8. The van der Waals surface area contributed by atoms with Crippen molar-refractivity contribution in [3.8, 4) is 0 Å². The average Bonchev–Trinajstić information content (AvgIpc) is 2.67. The lowest BCUT2D eigenvalue weighted by molar-refractivity contribution is -0.138. The topological polar surface area (TPSA) is 24.9 Å². The first-order valence-electron chi connectivity index (χ1n) is 9.88. The van der Waals surface area contributed by atoms with E-state index >= 15 is 0 Å². The summed E-state index contributed by atoms with van der Waals surface area (Å²) in [6.07, 6.45) is -4.36. The normalized spacial score (nSPS) is 18.5. The van der Waals surface area contributed by atoms with Gasteiger partial charge in [0.05, 0.1) is 32.0 Å². The highest BCUT2D eigenvalue weighted by atomic mass is 19.4. The largest absolute Gasteiger partial charge is 0.416 e. The number of alkyl halides is 6. The number of ether oxygens (including phenoxy) is 2. The molecule has 0 spiro atoms. The molecule has 2 saturated heterocycles. The van der Waals surface area contributed by atoms with Gasteiger partial charge in [-0.05, 0) is 29.2 Å². The number of anilines is 1. The molecule has 0 aromatic heterocycles. The van der Waals surface area contributed by atoms with Crippen molar-refractivity contribution in [1.29, 1.82) is 0 Å². The lowest BCUT2D eigenvalue weighted by atomic mass is 9.90. The summed E-state index contributed by atoms with van der Waals surface area (Å²) >= 11 is 0. The summed E-state index contributed by atoms with van der Waals surface area (Å²) in [6, 6.07) is 3.27. The monoisotopic (exact) mass is 442 g/mol. The van der Waals surface area contributed by atoms with E-state index in [1.807, 2.05) is 24.8 Å². The number of halogens is 6. The summed E-state index contributed by atoms with van der Waals surface area (Å²) in [5.74, 6) is -0.193. The molecule has 2 aliphatic heterocycles. The summed E-state index contributed by atoms with van der Waals surface area (Å²) in [6.45, 7) is 5.63. The Morgan fingerprint density at radius 3 is 1.87 bits per heavy atom. The zero-order valence-corrected chi connectivity index (χ0v) is 17.2. The van der Waals surface area contributed by atoms with Gasteiger partial charge in [0.15, 0.2) is 0 Å². The number of benzene rings is 1. The average molecular weight is 442 g/mol. The van der Waals surface area contributed by atoms with Crippen LogP contribution in [0.3, 0.4) is 0 Å². The van der Waals surface area contributed by atoms with E-state index in [2.05, 4.69) is 4.90 Å². The molecule has 10 heteroatoms. The fraction of sp³-hybridized carbons (Fsp3) is 0.700. The van der Waals surface area contributed by atoms with Crippen molar-refractivity contribution in [2.75, 3.05) is 57.5 Å². The molecule has 30 heavy (non-hydrogen) atoms. The van der Waals surface area contributed by atoms with Crippen molar-refractivity contribution < 1.29 is 35.8 Å². The smallest absolute Gasteiger partial charge is 0.379 e. The van der Waals surface area contributed by atoms with E-state index in [-0.39, 0.29) is 5.92 Å².